The van der Waals surface area contributed by atoms with E-state index in [2.05, 4.69) is 9.97 Å². The summed E-state index contributed by atoms with van der Waals surface area (Å²) in [7, 11) is 1.57. The van der Waals surface area contributed by atoms with Crippen molar-refractivity contribution in [3.05, 3.63) is 41.2 Å². The van der Waals surface area contributed by atoms with Gasteiger partial charge in [0.25, 0.3) is 0 Å². The number of nitrogens with zero attached hydrogens (tertiary/aromatic N) is 2. The zero-order valence-corrected chi connectivity index (χ0v) is 9.01. The molecule has 0 aliphatic carbocycles. The van der Waals surface area contributed by atoms with Gasteiger partial charge in [-0.3, -0.25) is 4.98 Å². The molecule has 0 aliphatic heterocycles. The Bertz CT molecular complexity index is 764. The summed E-state index contributed by atoms with van der Waals surface area (Å²) in [6.45, 7) is 0. The van der Waals surface area contributed by atoms with E-state index in [9.17, 15) is 4.79 Å². The molecular weight excluding hydrogens is 220 g/mol. The molecule has 0 saturated carbocycles. The second-order valence-corrected chi connectivity index (χ2v) is 3.53. The maximum Gasteiger partial charge on any atom is 0.439 e. The third kappa shape index (κ3) is 1.44. The second-order valence-electron chi connectivity index (χ2n) is 3.53. The SMILES string of the molecule is COc1cccc2ncc3coc(=O)nc3c12. The quantitative estimate of drug-likeness (QED) is 0.593. The predicted molar refractivity (Wildman–Crippen MR) is 62.1 cm³/mol. The van der Waals surface area contributed by atoms with E-state index in [4.69, 9.17) is 9.15 Å². The van der Waals surface area contributed by atoms with Crippen LogP contribution in [0.15, 0.2) is 39.9 Å². The molecule has 0 amide bonds. The van der Waals surface area contributed by atoms with Crippen LogP contribution >= 0.6 is 0 Å². The van der Waals surface area contributed by atoms with Crippen LogP contribution in [0, 0.1) is 0 Å². The fraction of sp³-hybridized carbons (Fsp3) is 0.0833. The smallest absolute Gasteiger partial charge is 0.439 e. The summed E-state index contributed by atoms with van der Waals surface area (Å²) in [5, 5.41) is 1.39. The Hall–Kier alpha value is -2.43. The number of ether oxygens (including phenoxy) is 1. The largest absolute Gasteiger partial charge is 0.496 e. The van der Waals surface area contributed by atoms with E-state index in [1.165, 1.54) is 6.26 Å². The maximum absolute atomic E-state index is 11.2. The van der Waals surface area contributed by atoms with Crippen LogP contribution in [0.5, 0.6) is 5.75 Å². The van der Waals surface area contributed by atoms with Crippen molar-refractivity contribution in [2.75, 3.05) is 7.11 Å². The topological polar surface area (TPSA) is 65.2 Å². The van der Waals surface area contributed by atoms with Crippen molar-refractivity contribution in [2.24, 2.45) is 0 Å². The lowest BCUT2D eigenvalue weighted by molar-refractivity contribution is 0.420. The number of fused-ring (bicyclic) bond motifs is 3. The molecule has 0 N–H and O–H groups in total. The lowest BCUT2D eigenvalue weighted by atomic mass is 10.1. The van der Waals surface area contributed by atoms with Crippen molar-refractivity contribution in [1.29, 1.82) is 0 Å². The van der Waals surface area contributed by atoms with Gasteiger partial charge in [-0.15, -0.1) is 0 Å². The van der Waals surface area contributed by atoms with Crippen LogP contribution in [-0.4, -0.2) is 17.1 Å². The van der Waals surface area contributed by atoms with Gasteiger partial charge in [0, 0.05) is 6.20 Å². The molecule has 0 unspecified atom stereocenters. The van der Waals surface area contributed by atoms with E-state index in [-0.39, 0.29) is 0 Å². The van der Waals surface area contributed by atoms with E-state index in [0.29, 0.717) is 16.7 Å². The monoisotopic (exact) mass is 228 g/mol. The Morgan fingerprint density at radius 2 is 2.24 bits per heavy atom. The van der Waals surface area contributed by atoms with Crippen molar-refractivity contribution < 1.29 is 9.15 Å². The number of hydrogen-bond acceptors (Lipinski definition) is 5. The fourth-order valence-electron chi connectivity index (χ4n) is 1.82. The molecule has 17 heavy (non-hydrogen) atoms. The predicted octanol–water partition coefficient (Wildman–Crippen LogP) is 1.74. The molecule has 1 aromatic carbocycles. The first-order chi connectivity index (χ1) is 8.29. The zero-order chi connectivity index (χ0) is 11.8. The van der Waals surface area contributed by atoms with Crippen LogP contribution in [0.2, 0.25) is 0 Å². The third-order valence-electron chi connectivity index (χ3n) is 2.57. The maximum atomic E-state index is 11.2. The minimum absolute atomic E-state index is 0.545. The van der Waals surface area contributed by atoms with Gasteiger partial charge >= 0.3 is 5.76 Å². The van der Waals surface area contributed by atoms with Crippen molar-refractivity contribution in [3.63, 3.8) is 0 Å². The van der Waals surface area contributed by atoms with Gasteiger partial charge in [-0.05, 0) is 12.1 Å². The summed E-state index contributed by atoms with van der Waals surface area (Å²) in [6.07, 6.45) is 2.97. The highest BCUT2D eigenvalue weighted by atomic mass is 16.5. The highest BCUT2D eigenvalue weighted by molar-refractivity contribution is 6.05. The van der Waals surface area contributed by atoms with E-state index in [1.54, 1.807) is 19.4 Å². The van der Waals surface area contributed by atoms with Crippen LogP contribution < -0.4 is 10.5 Å². The number of rotatable bonds is 1. The van der Waals surface area contributed by atoms with E-state index >= 15 is 0 Å². The van der Waals surface area contributed by atoms with Gasteiger partial charge in [-0.25, -0.2) is 4.79 Å². The summed E-state index contributed by atoms with van der Waals surface area (Å²) in [4.78, 5) is 19.3. The van der Waals surface area contributed by atoms with Crippen LogP contribution in [0.25, 0.3) is 21.8 Å². The number of aromatic nitrogens is 2. The minimum atomic E-state index is -0.629. The first kappa shape index (κ1) is 9.77. The molecule has 0 bridgehead atoms. The van der Waals surface area contributed by atoms with Gasteiger partial charge < -0.3 is 9.15 Å². The molecule has 0 aliphatic rings. The third-order valence-corrected chi connectivity index (χ3v) is 2.57. The van der Waals surface area contributed by atoms with Crippen molar-refractivity contribution in [1.82, 2.24) is 9.97 Å². The van der Waals surface area contributed by atoms with Crippen LogP contribution in [0.4, 0.5) is 0 Å². The second kappa shape index (κ2) is 3.55. The average Bonchev–Trinajstić information content (AvgIpc) is 2.37. The number of benzene rings is 1. The highest BCUT2D eigenvalue weighted by Gasteiger charge is 2.09. The Kier molecular flexibility index (Phi) is 2.04. The average molecular weight is 228 g/mol. The van der Waals surface area contributed by atoms with Crippen LogP contribution in [0.1, 0.15) is 0 Å². The highest BCUT2D eigenvalue weighted by Crippen LogP contribution is 2.29. The van der Waals surface area contributed by atoms with Crippen molar-refractivity contribution in [2.45, 2.75) is 0 Å². The van der Waals surface area contributed by atoms with E-state index in [0.717, 1.165) is 10.9 Å². The number of methoxy groups -OCH3 is 1. The first-order valence-electron chi connectivity index (χ1n) is 5.01. The summed E-state index contributed by atoms with van der Waals surface area (Å²) < 4.78 is 9.98. The molecule has 0 fully saturated rings. The normalized spacial score (nSPS) is 10.9. The lowest BCUT2D eigenvalue weighted by Crippen LogP contribution is -2.03. The van der Waals surface area contributed by atoms with Gasteiger partial charge in [-0.2, -0.15) is 4.98 Å². The molecule has 3 rings (SSSR count). The standard InChI is InChI=1S/C12H8N2O3/c1-16-9-4-2-3-8-10(9)11-7(5-13-8)6-17-12(15)14-11/h2-6H,1H3. The Morgan fingerprint density at radius 3 is 3.06 bits per heavy atom. The zero-order valence-electron chi connectivity index (χ0n) is 9.01. The Balaban J connectivity index is 2.61. The molecule has 5 heteroatoms. The van der Waals surface area contributed by atoms with E-state index < -0.39 is 5.76 Å². The molecule has 5 nitrogen and oxygen atoms in total. The van der Waals surface area contributed by atoms with Crippen molar-refractivity contribution in [3.8, 4) is 5.75 Å². The Labute approximate surface area is 95.7 Å². The summed E-state index contributed by atoms with van der Waals surface area (Å²) in [5.41, 5.74) is 1.28. The molecule has 84 valence electrons. The van der Waals surface area contributed by atoms with Gasteiger partial charge in [0.2, 0.25) is 0 Å². The summed E-state index contributed by atoms with van der Waals surface area (Å²) in [6, 6.07) is 5.48. The fourth-order valence-corrected chi connectivity index (χ4v) is 1.82. The van der Waals surface area contributed by atoms with Crippen molar-refractivity contribution >= 4 is 21.8 Å². The van der Waals surface area contributed by atoms with Crippen LogP contribution in [0.3, 0.4) is 0 Å². The van der Waals surface area contributed by atoms with Crippen LogP contribution in [-0.2, 0) is 0 Å². The van der Waals surface area contributed by atoms with Gasteiger partial charge in [-0.1, -0.05) is 6.07 Å². The molecule has 2 aromatic heterocycles. The molecular formula is C12H8N2O3. The molecule has 2 heterocycles. The number of pyridine rings is 1. The lowest BCUT2D eigenvalue weighted by Gasteiger charge is -2.06. The number of hydrogen-bond donors (Lipinski definition) is 0. The first-order valence-corrected chi connectivity index (χ1v) is 5.01. The molecule has 0 saturated heterocycles. The van der Waals surface area contributed by atoms with Gasteiger partial charge in [0.05, 0.1) is 28.9 Å². The molecule has 0 radical (unpaired) electrons. The minimum Gasteiger partial charge on any atom is -0.496 e. The summed E-state index contributed by atoms with van der Waals surface area (Å²) >= 11 is 0. The van der Waals surface area contributed by atoms with E-state index in [1.807, 2.05) is 12.1 Å². The van der Waals surface area contributed by atoms with Gasteiger partial charge in [0.15, 0.2) is 0 Å². The summed E-state index contributed by atoms with van der Waals surface area (Å²) in [5.74, 6) is 0.00889. The van der Waals surface area contributed by atoms with Gasteiger partial charge in [0.1, 0.15) is 12.0 Å². The molecule has 3 aromatic rings. The molecule has 0 atom stereocenters. The Morgan fingerprint density at radius 1 is 1.35 bits per heavy atom. The molecule has 0 spiro atoms.